The summed E-state index contributed by atoms with van der Waals surface area (Å²) in [5, 5.41) is 5.37. The minimum atomic E-state index is 0.112. The van der Waals surface area contributed by atoms with Crippen molar-refractivity contribution in [2.24, 2.45) is 5.92 Å². The third-order valence-corrected chi connectivity index (χ3v) is 5.69. The summed E-state index contributed by atoms with van der Waals surface area (Å²) in [6, 6.07) is 8.36. The minimum Gasteiger partial charge on any atom is -0.339 e. The molecule has 1 aliphatic heterocycles. The van der Waals surface area contributed by atoms with Crippen LogP contribution in [0.2, 0.25) is 0 Å². The summed E-state index contributed by atoms with van der Waals surface area (Å²) in [6.07, 6.45) is 5.98. The molecule has 0 radical (unpaired) electrons. The van der Waals surface area contributed by atoms with Crippen LogP contribution in [0.1, 0.15) is 55.6 Å². The van der Waals surface area contributed by atoms with E-state index in [0.29, 0.717) is 5.92 Å². The first-order chi connectivity index (χ1) is 13.4. The van der Waals surface area contributed by atoms with Crippen molar-refractivity contribution in [3.63, 3.8) is 0 Å². The standard InChI is InChI=1S/C23H28N4O/c1-15(2)27-14-18(13-24-27)21-12-20(19-6-5-17(4)11-22(19)25-21)23(28)26-9-7-16(3)8-10-26/h5-6,11-16H,7-10H2,1-4H3. The molecule has 146 valence electrons. The van der Waals surface area contributed by atoms with Crippen molar-refractivity contribution in [1.82, 2.24) is 19.7 Å². The number of amides is 1. The van der Waals surface area contributed by atoms with Gasteiger partial charge in [-0.05, 0) is 57.2 Å². The number of benzene rings is 1. The molecule has 28 heavy (non-hydrogen) atoms. The van der Waals surface area contributed by atoms with Crippen LogP contribution >= 0.6 is 0 Å². The lowest BCUT2D eigenvalue weighted by molar-refractivity contribution is 0.0699. The summed E-state index contributed by atoms with van der Waals surface area (Å²) < 4.78 is 1.92. The fraction of sp³-hybridized carbons (Fsp3) is 0.435. The van der Waals surface area contributed by atoms with Crippen LogP contribution in [0.25, 0.3) is 22.2 Å². The van der Waals surface area contributed by atoms with E-state index in [1.54, 1.807) is 0 Å². The number of likely N-dealkylation sites (tertiary alicyclic amines) is 1. The lowest BCUT2D eigenvalue weighted by Gasteiger charge is -2.30. The van der Waals surface area contributed by atoms with Crippen LogP contribution in [0.5, 0.6) is 0 Å². The first-order valence-electron chi connectivity index (χ1n) is 10.2. The summed E-state index contributed by atoms with van der Waals surface area (Å²) in [5.74, 6) is 0.805. The average molecular weight is 377 g/mol. The number of aromatic nitrogens is 3. The van der Waals surface area contributed by atoms with E-state index < -0.39 is 0 Å². The molecular formula is C23H28N4O. The van der Waals surface area contributed by atoms with Gasteiger partial charge in [0.2, 0.25) is 0 Å². The summed E-state index contributed by atoms with van der Waals surface area (Å²) in [4.78, 5) is 20.2. The van der Waals surface area contributed by atoms with Crippen molar-refractivity contribution in [2.45, 2.75) is 46.6 Å². The quantitative estimate of drug-likeness (QED) is 0.656. The molecule has 5 nitrogen and oxygen atoms in total. The number of hydrogen-bond donors (Lipinski definition) is 0. The molecule has 2 aromatic heterocycles. The van der Waals surface area contributed by atoms with Crippen LogP contribution in [0, 0.1) is 12.8 Å². The molecule has 0 atom stereocenters. The van der Waals surface area contributed by atoms with E-state index in [1.165, 1.54) is 0 Å². The second-order valence-electron chi connectivity index (χ2n) is 8.35. The molecule has 1 aromatic carbocycles. The maximum absolute atomic E-state index is 13.4. The van der Waals surface area contributed by atoms with Gasteiger partial charge < -0.3 is 4.90 Å². The number of rotatable bonds is 3. The summed E-state index contributed by atoms with van der Waals surface area (Å²) in [6.45, 7) is 10.2. The molecule has 5 heteroatoms. The first kappa shape index (κ1) is 18.7. The molecule has 3 aromatic rings. The third-order valence-electron chi connectivity index (χ3n) is 5.69. The average Bonchev–Trinajstić information content (AvgIpc) is 3.17. The number of carbonyl (C=O) groups excluding carboxylic acids is 1. The zero-order valence-corrected chi connectivity index (χ0v) is 17.1. The van der Waals surface area contributed by atoms with Gasteiger partial charge in [0.1, 0.15) is 0 Å². The van der Waals surface area contributed by atoms with E-state index in [0.717, 1.165) is 59.2 Å². The van der Waals surface area contributed by atoms with Gasteiger partial charge in [-0.25, -0.2) is 4.98 Å². The molecule has 0 unspecified atom stereocenters. The number of hydrogen-bond acceptors (Lipinski definition) is 3. The molecule has 1 amide bonds. The number of piperidine rings is 1. The number of aryl methyl sites for hydroxylation is 1. The van der Waals surface area contributed by atoms with Gasteiger partial charge in [-0.15, -0.1) is 0 Å². The summed E-state index contributed by atoms with van der Waals surface area (Å²) in [7, 11) is 0. The van der Waals surface area contributed by atoms with E-state index in [4.69, 9.17) is 4.98 Å². The Kier molecular flexibility index (Phi) is 4.92. The van der Waals surface area contributed by atoms with Crippen molar-refractivity contribution in [1.29, 1.82) is 0 Å². The van der Waals surface area contributed by atoms with Gasteiger partial charge in [-0.1, -0.05) is 19.1 Å². The minimum absolute atomic E-state index is 0.112. The molecule has 0 spiro atoms. The highest BCUT2D eigenvalue weighted by atomic mass is 16.2. The molecule has 1 fully saturated rings. The second kappa shape index (κ2) is 7.38. The van der Waals surface area contributed by atoms with Crippen molar-refractivity contribution in [3.8, 4) is 11.3 Å². The van der Waals surface area contributed by atoms with Gasteiger partial charge in [0.05, 0.1) is 23.0 Å². The van der Waals surface area contributed by atoms with Gasteiger partial charge >= 0.3 is 0 Å². The first-order valence-corrected chi connectivity index (χ1v) is 10.2. The highest BCUT2D eigenvalue weighted by Gasteiger charge is 2.24. The molecule has 0 saturated carbocycles. The molecule has 4 rings (SSSR count). The van der Waals surface area contributed by atoms with E-state index in [1.807, 2.05) is 34.1 Å². The van der Waals surface area contributed by atoms with E-state index in [9.17, 15) is 4.79 Å². The molecule has 1 saturated heterocycles. The van der Waals surface area contributed by atoms with Crippen molar-refractivity contribution < 1.29 is 4.79 Å². The Bertz CT molecular complexity index is 1010. The van der Waals surface area contributed by atoms with Crippen molar-refractivity contribution in [3.05, 3.63) is 47.8 Å². The maximum atomic E-state index is 13.4. The predicted molar refractivity (Wildman–Crippen MR) is 112 cm³/mol. The number of pyridine rings is 1. The van der Waals surface area contributed by atoms with Crippen molar-refractivity contribution in [2.75, 3.05) is 13.1 Å². The maximum Gasteiger partial charge on any atom is 0.254 e. The van der Waals surface area contributed by atoms with Crippen LogP contribution in [-0.2, 0) is 0 Å². The monoisotopic (exact) mass is 376 g/mol. The largest absolute Gasteiger partial charge is 0.339 e. The summed E-state index contributed by atoms with van der Waals surface area (Å²) in [5.41, 5.74) is 4.49. The lowest BCUT2D eigenvalue weighted by atomic mass is 9.97. The van der Waals surface area contributed by atoms with Gasteiger partial charge in [0.15, 0.2) is 0 Å². The van der Waals surface area contributed by atoms with Crippen LogP contribution < -0.4 is 0 Å². The Hall–Kier alpha value is -2.69. The number of fused-ring (bicyclic) bond motifs is 1. The fourth-order valence-corrected chi connectivity index (χ4v) is 3.80. The van der Waals surface area contributed by atoms with Gasteiger partial charge in [0, 0.05) is 36.3 Å². The predicted octanol–water partition coefficient (Wildman–Crippen LogP) is 4.86. The molecule has 3 heterocycles. The third kappa shape index (κ3) is 3.53. The molecule has 0 N–H and O–H groups in total. The SMILES string of the molecule is Cc1ccc2c(C(=O)N3CCC(C)CC3)cc(-c3cnn(C(C)C)c3)nc2c1. The fourth-order valence-electron chi connectivity index (χ4n) is 3.80. The van der Waals surface area contributed by atoms with Gasteiger partial charge in [-0.2, -0.15) is 5.10 Å². The normalized spacial score (nSPS) is 15.5. The van der Waals surface area contributed by atoms with Crippen LogP contribution in [0.4, 0.5) is 0 Å². The van der Waals surface area contributed by atoms with Gasteiger partial charge in [0.25, 0.3) is 5.91 Å². The lowest BCUT2D eigenvalue weighted by Crippen LogP contribution is -2.38. The molecular weight excluding hydrogens is 348 g/mol. The van der Waals surface area contributed by atoms with E-state index >= 15 is 0 Å². The Balaban J connectivity index is 1.80. The zero-order valence-electron chi connectivity index (χ0n) is 17.1. The van der Waals surface area contributed by atoms with Crippen LogP contribution in [-0.4, -0.2) is 38.7 Å². The highest BCUT2D eigenvalue weighted by molar-refractivity contribution is 6.07. The Labute approximate surface area is 166 Å². The van der Waals surface area contributed by atoms with Gasteiger partial charge in [-0.3, -0.25) is 9.48 Å². The molecule has 1 aliphatic rings. The number of nitrogens with zero attached hydrogens (tertiary/aromatic N) is 4. The van der Waals surface area contributed by atoms with E-state index in [-0.39, 0.29) is 11.9 Å². The Morgan fingerprint density at radius 3 is 2.61 bits per heavy atom. The van der Waals surface area contributed by atoms with Crippen LogP contribution in [0.15, 0.2) is 36.7 Å². The van der Waals surface area contributed by atoms with E-state index in [2.05, 4.69) is 44.9 Å². The number of carbonyl (C=O) groups is 1. The summed E-state index contributed by atoms with van der Waals surface area (Å²) >= 11 is 0. The highest BCUT2D eigenvalue weighted by Crippen LogP contribution is 2.28. The molecule has 0 bridgehead atoms. The second-order valence-corrected chi connectivity index (χ2v) is 8.35. The zero-order chi connectivity index (χ0) is 19.8. The van der Waals surface area contributed by atoms with Crippen molar-refractivity contribution >= 4 is 16.8 Å². The Morgan fingerprint density at radius 1 is 1.18 bits per heavy atom. The topological polar surface area (TPSA) is 51.0 Å². The van der Waals surface area contributed by atoms with Crippen LogP contribution in [0.3, 0.4) is 0 Å². The Morgan fingerprint density at radius 2 is 1.93 bits per heavy atom. The smallest absolute Gasteiger partial charge is 0.254 e. The molecule has 0 aliphatic carbocycles.